The molecule has 1 aromatic rings. The van der Waals surface area contributed by atoms with E-state index in [1.165, 1.54) is 0 Å². The minimum absolute atomic E-state index is 0.176. The normalized spacial score (nSPS) is 12.5. The molecule has 0 saturated heterocycles. The molecule has 1 aromatic heterocycles. The molecule has 0 saturated carbocycles. The van der Waals surface area contributed by atoms with E-state index in [9.17, 15) is 0 Å². The molecule has 0 aliphatic heterocycles. The average molecular weight is 163 g/mol. The highest BCUT2D eigenvalue weighted by molar-refractivity contribution is 5.41. The lowest BCUT2D eigenvalue weighted by Gasteiger charge is -2.07. The van der Waals surface area contributed by atoms with Gasteiger partial charge in [0.2, 0.25) is 0 Å². The van der Waals surface area contributed by atoms with Crippen LogP contribution in [0.2, 0.25) is 0 Å². The third kappa shape index (κ3) is 1.90. The Balaban J connectivity index is 2.93. The van der Waals surface area contributed by atoms with Gasteiger partial charge in [0.25, 0.3) is 0 Å². The van der Waals surface area contributed by atoms with Gasteiger partial charge >= 0.3 is 0 Å². The summed E-state index contributed by atoms with van der Waals surface area (Å²) in [7, 11) is 0. The van der Waals surface area contributed by atoms with Crippen LogP contribution in [-0.4, -0.2) is 11.5 Å². The second kappa shape index (κ2) is 3.99. The third-order valence-corrected chi connectivity index (χ3v) is 1.64. The van der Waals surface area contributed by atoms with Gasteiger partial charge in [0.05, 0.1) is 17.4 Å². The van der Waals surface area contributed by atoms with Gasteiger partial charge in [0.1, 0.15) is 0 Å². The summed E-state index contributed by atoms with van der Waals surface area (Å²) in [4.78, 5) is 4.24. The van der Waals surface area contributed by atoms with E-state index in [0.29, 0.717) is 6.54 Å². The summed E-state index contributed by atoms with van der Waals surface area (Å²) in [6.07, 6.45) is 1.69. The van der Waals surface area contributed by atoms with Crippen molar-refractivity contribution < 1.29 is 0 Å². The van der Waals surface area contributed by atoms with Crippen molar-refractivity contribution in [3.63, 3.8) is 0 Å². The summed E-state index contributed by atoms with van der Waals surface area (Å²) >= 11 is 0. The molecule has 3 nitrogen and oxygen atoms in total. The van der Waals surface area contributed by atoms with Crippen molar-refractivity contribution in [2.24, 2.45) is 11.5 Å². The standard InChI is InChI=1S/C9H13N3/c1-2-7-4-3-5-9(12-7)8(11)6-10/h2-5,8H,1,6,10-11H2/t8-/m0/s1. The molecule has 0 bridgehead atoms. The molecule has 0 aliphatic carbocycles. The maximum atomic E-state index is 5.70. The van der Waals surface area contributed by atoms with Gasteiger partial charge in [0.15, 0.2) is 0 Å². The van der Waals surface area contributed by atoms with E-state index in [4.69, 9.17) is 11.5 Å². The van der Waals surface area contributed by atoms with Crippen molar-refractivity contribution in [1.82, 2.24) is 4.98 Å². The zero-order valence-electron chi connectivity index (χ0n) is 6.90. The van der Waals surface area contributed by atoms with Crippen LogP contribution in [0.3, 0.4) is 0 Å². The number of hydrogen-bond donors (Lipinski definition) is 2. The molecule has 1 rings (SSSR count). The number of aromatic nitrogens is 1. The summed E-state index contributed by atoms with van der Waals surface area (Å²) < 4.78 is 0. The molecule has 3 heteroatoms. The number of rotatable bonds is 3. The first-order chi connectivity index (χ1) is 5.77. The van der Waals surface area contributed by atoms with Gasteiger partial charge in [-0.2, -0.15) is 0 Å². The minimum Gasteiger partial charge on any atom is -0.329 e. The minimum atomic E-state index is -0.176. The lowest BCUT2D eigenvalue weighted by atomic mass is 10.2. The van der Waals surface area contributed by atoms with Gasteiger partial charge < -0.3 is 11.5 Å². The highest BCUT2D eigenvalue weighted by atomic mass is 14.8. The van der Waals surface area contributed by atoms with Gasteiger partial charge in [-0.1, -0.05) is 12.6 Å². The van der Waals surface area contributed by atoms with Crippen molar-refractivity contribution in [2.45, 2.75) is 6.04 Å². The van der Waals surface area contributed by atoms with Crippen LogP contribution >= 0.6 is 0 Å². The highest BCUT2D eigenvalue weighted by Crippen LogP contribution is 2.06. The van der Waals surface area contributed by atoms with Crippen molar-refractivity contribution in [1.29, 1.82) is 0 Å². The SMILES string of the molecule is C=Cc1cccc([C@@H](N)CN)n1. The first-order valence-corrected chi connectivity index (χ1v) is 3.83. The maximum Gasteiger partial charge on any atom is 0.0627 e. The van der Waals surface area contributed by atoms with Gasteiger partial charge in [-0.05, 0) is 18.2 Å². The van der Waals surface area contributed by atoms with Crippen LogP contribution in [0.25, 0.3) is 6.08 Å². The van der Waals surface area contributed by atoms with Crippen LogP contribution in [-0.2, 0) is 0 Å². The number of pyridine rings is 1. The highest BCUT2D eigenvalue weighted by Gasteiger charge is 2.03. The van der Waals surface area contributed by atoms with Crippen LogP contribution in [0.1, 0.15) is 17.4 Å². The molecule has 0 radical (unpaired) electrons. The third-order valence-electron chi connectivity index (χ3n) is 1.64. The van der Waals surface area contributed by atoms with Crippen molar-refractivity contribution >= 4 is 6.08 Å². The van der Waals surface area contributed by atoms with Crippen molar-refractivity contribution in [3.05, 3.63) is 36.2 Å². The van der Waals surface area contributed by atoms with E-state index in [0.717, 1.165) is 11.4 Å². The van der Waals surface area contributed by atoms with Gasteiger partial charge in [-0.15, -0.1) is 0 Å². The lowest BCUT2D eigenvalue weighted by Crippen LogP contribution is -2.21. The first-order valence-electron chi connectivity index (χ1n) is 3.83. The van der Waals surface area contributed by atoms with Crippen molar-refractivity contribution in [3.8, 4) is 0 Å². The largest absolute Gasteiger partial charge is 0.329 e. The van der Waals surface area contributed by atoms with Crippen LogP contribution in [0, 0.1) is 0 Å². The molecule has 0 spiro atoms. The summed E-state index contributed by atoms with van der Waals surface area (Å²) in [6.45, 7) is 4.03. The average Bonchev–Trinajstić information content (AvgIpc) is 2.17. The Hall–Kier alpha value is -1.19. The van der Waals surface area contributed by atoms with Crippen molar-refractivity contribution in [2.75, 3.05) is 6.54 Å². The van der Waals surface area contributed by atoms with Gasteiger partial charge in [-0.3, -0.25) is 4.98 Å². The first kappa shape index (κ1) is 8.90. The lowest BCUT2D eigenvalue weighted by molar-refractivity contribution is 0.710. The van der Waals surface area contributed by atoms with E-state index in [1.54, 1.807) is 6.08 Å². The zero-order valence-corrected chi connectivity index (χ0v) is 6.90. The second-order valence-corrected chi connectivity index (χ2v) is 2.53. The Morgan fingerprint density at radius 1 is 1.58 bits per heavy atom. The van der Waals surface area contributed by atoms with E-state index >= 15 is 0 Å². The summed E-state index contributed by atoms with van der Waals surface area (Å²) in [5.74, 6) is 0. The Kier molecular flexibility index (Phi) is 2.96. The smallest absolute Gasteiger partial charge is 0.0627 e. The Morgan fingerprint density at radius 3 is 2.92 bits per heavy atom. The molecule has 0 fully saturated rings. The molecular weight excluding hydrogens is 150 g/mol. The van der Waals surface area contributed by atoms with Crippen LogP contribution in [0.15, 0.2) is 24.8 Å². The fraction of sp³-hybridized carbons (Fsp3) is 0.222. The van der Waals surface area contributed by atoms with E-state index < -0.39 is 0 Å². The zero-order chi connectivity index (χ0) is 8.97. The maximum absolute atomic E-state index is 5.70. The molecule has 12 heavy (non-hydrogen) atoms. The van der Waals surface area contributed by atoms with Gasteiger partial charge in [-0.25, -0.2) is 0 Å². The summed E-state index contributed by atoms with van der Waals surface area (Å²) in [6, 6.07) is 5.46. The quantitative estimate of drug-likeness (QED) is 0.688. The summed E-state index contributed by atoms with van der Waals surface area (Å²) in [5.41, 5.74) is 12.7. The predicted octanol–water partition coefficient (Wildman–Crippen LogP) is 0.683. The van der Waals surface area contributed by atoms with Gasteiger partial charge in [0, 0.05) is 6.54 Å². The molecular formula is C9H13N3. The predicted molar refractivity (Wildman–Crippen MR) is 50.3 cm³/mol. The fourth-order valence-electron chi connectivity index (χ4n) is 0.910. The molecule has 0 aliphatic rings. The number of hydrogen-bond acceptors (Lipinski definition) is 3. The monoisotopic (exact) mass is 163 g/mol. The Morgan fingerprint density at radius 2 is 2.33 bits per heavy atom. The van der Waals surface area contributed by atoms with Crippen LogP contribution in [0.4, 0.5) is 0 Å². The number of nitrogens with zero attached hydrogens (tertiary/aromatic N) is 1. The molecule has 1 heterocycles. The number of nitrogens with two attached hydrogens (primary N) is 2. The second-order valence-electron chi connectivity index (χ2n) is 2.53. The molecule has 1 atom stereocenters. The Labute approximate surface area is 72.1 Å². The van der Waals surface area contributed by atoms with E-state index in [-0.39, 0.29) is 6.04 Å². The van der Waals surface area contributed by atoms with E-state index in [2.05, 4.69) is 11.6 Å². The summed E-state index contributed by atoms with van der Waals surface area (Å²) in [5, 5.41) is 0. The fourth-order valence-corrected chi connectivity index (χ4v) is 0.910. The molecule has 64 valence electrons. The van der Waals surface area contributed by atoms with Crippen LogP contribution < -0.4 is 11.5 Å². The molecule has 0 unspecified atom stereocenters. The Bertz CT molecular complexity index is 270. The topological polar surface area (TPSA) is 64.9 Å². The van der Waals surface area contributed by atoms with Crippen LogP contribution in [0.5, 0.6) is 0 Å². The molecule has 4 N–H and O–H groups in total. The molecule has 0 aromatic carbocycles. The molecule has 0 amide bonds. The van der Waals surface area contributed by atoms with E-state index in [1.807, 2.05) is 18.2 Å².